The monoisotopic (exact) mass is 390 g/mol. The van der Waals surface area contributed by atoms with Crippen molar-refractivity contribution in [3.63, 3.8) is 0 Å². The average Bonchev–Trinajstić information content (AvgIpc) is 3.08. The lowest BCUT2D eigenvalue weighted by Crippen LogP contribution is -2.36. The van der Waals surface area contributed by atoms with Crippen molar-refractivity contribution >= 4 is 50.3 Å². The molecular formula is C13H11ClN2O6S2. The van der Waals surface area contributed by atoms with Crippen LogP contribution in [0.5, 0.6) is 0 Å². The molecule has 2 aromatic rings. The van der Waals surface area contributed by atoms with Gasteiger partial charge in [-0.15, -0.1) is 11.3 Å². The molecule has 128 valence electrons. The number of thiophene rings is 1. The largest absolute Gasteiger partial charge is 0.468 e. The molecule has 0 unspecified atom stereocenters. The topological polar surface area (TPSA) is 107 Å². The maximum atomic E-state index is 12.8. The molecule has 0 fully saturated rings. The summed E-state index contributed by atoms with van der Waals surface area (Å²) >= 11 is 6.96. The van der Waals surface area contributed by atoms with E-state index in [4.69, 9.17) is 11.6 Å². The predicted octanol–water partition coefficient (Wildman–Crippen LogP) is 2.68. The lowest BCUT2D eigenvalue weighted by Gasteiger charge is -2.23. The summed E-state index contributed by atoms with van der Waals surface area (Å²) in [5.74, 6) is -0.835. The molecule has 8 nitrogen and oxygen atoms in total. The normalized spacial score (nSPS) is 11.1. The molecule has 2 rings (SSSR count). The van der Waals surface area contributed by atoms with E-state index >= 15 is 0 Å². The minimum Gasteiger partial charge on any atom is -0.468 e. The van der Waals surface area contributed by atoms with Gasteiger partial charge in [0, 0.05) is 12.1 Å². The molecular weight excluding hydrogens is 380 g/mol. The molecule has 0 aliphatic carbocycles. The Morgan fingerprint density at radius 2 is 2.12 bits per heavy atom. The van der Waals surface area contributed by atoms with Crippen molar-refractivity contribution in [2.45, 2.75) is 4.21 Å². The SMILES string of the molecule is COC(=O)CN(c1cc([N+](=O)[O-])ccc1Cl)S(=O)(=O)c1cccs1. The highest BCUT2D eigenvalue weighted by molar-refractivity contribution is 7.94. The highest BCUT2D eigenvalue weighted by atomic mass is 35.5. The van der Waals surface area contributed by atoms with Gasteiger partial charge >= 0.3 is 5.97 Å². The molecule has 0 atom stereocenters. The zero-order valence-corrected chi connectivity index (χ0v) is 14.6. The number of halogens is 1. The summed E-state index contributed by atoms with van der Waals surface area (Å²) in [6, 6.07) is 6.22. The smallest absolute Gasteiger partial charge is 0.326 e. The van der Waals surface area contributed by atoms with E-state index in [2.05, 4.69) is 4.74 Å². The number of methoxy groups -OCH3 is 1. The van der Waals surface area contributed by atoms with Gasteiger partial charge in [-0.2, -0.15) is 0 Å². The number of anilines is 1. The Morgan fingerprint density at radius 1 is 1.42 bits per heavy atom. The molecule has 1 aromatic heterocycles. The fourth-order valence-electron chi connectivity index (χ4n) is 1.81. The van der Waals surface area contributed by atoms with Gasteiger partial charge in [0.15, 0.2) is 0 Å². The molecule has 0 bridgehead atoms. The van der Waals surface area contributed by atoms with E-state index in [1.807, 2.05) is 0 Å². The summed E-state index contributed by atoms with van der Waals surface area (Å²) in [4.78, 5) is 21.9. The molecule has 0 aliphatic rings. The van der Waals surface area contributed by atoms with Crippen LogP contribution in [0, 0.1) is 10.1 Å². The number of ether oxygens (including phenoxy) is 1. The summed E-state index contributed by atoms with van der Waals surface area (Å²) in [6.07, 6.45) is 0. The summed E-state index contributed by atoms with van der Waals surface area (Å²) in [5.41, 5.74) is -0.532. The van der Waals surface area contributed by atoms with Crippen molar-refractivity contribution < 1.29 is 22.9 Å². The van der Waals surface area contributed by atoms with Gasteiger partial charge in [0.25, 0.3) is 15.7 Å². The predicted molar refractivity (Wildman–Crippen MR) is 89.0 cm³/mol. The molecule has 0 amide bonds. The zero-order valence-electron chi connectivity index (χ0n) is 12.2. The molecule has 0 saturated heterocycles. The second-order valence-electron chi connectivity index (χ2n) is 4.41. The number of hydrogen-bond donors (Lipinski definition) is 0. The Labute approximate surface area is 146 Å². The van der Waals surface area contributed by atoms with Crippen molar-refractivity contribution in [2.24, 2.45) is 0 Å². The molecule has 0 radical (unpaired) electrons. The van der Waals surface area contributed by atoms with Crippen molar-refractivity contribution in [3.8, 4) is 0 Å². The minimum atomic E-state index is -4.14. The summed E-state index contributed by atoms with van der Waals surface area (Å²) in [6.45, 7) is -0.669. The average molecular weight is 391 g/mol. The van der Waals surface area contributed by atoms with Gasteiger partial charge in [0.1, 0.15) is 10.8 Å². The summed E-state index contributed by atoms with van der Waals surface area (Å²) in [7, 11) is -3.03. The number of benzene rings is 1. The van der Waals surface area contributed by atoms with Gasteiger partial charge in [-0.25, -0.2) is 8.42 Å². The number of sulfonamides is 1. The van der Waals surface area contributed by atoms with Gasteiger partial charge in [0.2, 0.25) is 0 Å². The van der Waals surface area contributed by atoms with Crippen LogP contribution >= 0.6 is 22.9 Å². The minimum absolute atomic E-state index is 0.0334. The van der Waals surface area contributed by atoms with Gasteiger partial charge in [-0.3, -0.25) is 19.2 Å². The summed E-state index contributed by atoms with van der Waals surface area (Å²) in [5, 5.41) is 12.5. The highest BCUT2D eigenvalue weighted by Crippen LogP contribution is 2.34. The van der Waals surface area contributed by atoms with E-state index in [0.29, 0.717) is 4.31 Å². The number of carbonyl (C=O) groups is 1. The lowest BCUT2D eigenvalue weighted by atomic mass is 10.3. The molecule has 11 heteroatoms. The van der Waals surface area contributed by atoms with E-state index in [-0.39, 0.29) is 20.6 Å². The molecule has 24 heavy (non-hydrogen) atoms. The standard InChI is InChI=1S/C13H11ClN2O6S2/c1-22-12(17)8-15(24(20,21)13-3-2-6-23-13)11-7-9(16(18)19)4-5-10(11)14/h2-7H,8H2,1H3. The van der Waals surface area contributed by atoms with Crippen molar-refractivity contribution in [1.29, 1.82) is 0 Å². The van der Waals surface area contributed by atoms with Crippen LogP contribution in [0.2, 0.25) is 5.02 Å². The Balaban J connectivity index is 2.62. The molecule has 0 spiro atoms. The van der Waals surface area contributed by atoms with E-state index in [0.717, 1.165) is 30.6 Å². The second kappa shape index (κ2) is 7.16. The number of carbonyl (C=O) groups excluding carboxylic acids is 1. The van der Waals surface area contributed by atoms with Crippen LogP contribution in [0.1, 0.15) is 0 Å². The van der Waals surface area contributed by atoms with Crippen LogP contribution in [-0.4, -0.2) is 33.0 Å². The Kier molecular flexibility index (Phi) is 5.42. The van der Waals surface area contributed by atoms with Crippen molar-refractivity contribution in [1.82, 2.24) is 0 Å². The van der Waals surface area contributed by atoms with Gasteiger partial charge < -0.3 is 4.74 Å². The van der Waals surface area contributed by atoms with Crippen molar-refractivity contribution in [2.75, 3.05) is 18.0 Å². The molecule has 0 N–H and O–H groups in total. The van der Waals surface area contributed by atoms with Gasteiger partial charge in [-0.05, 0) is 17.5 Å². The van der Waals surface area contributed by atoms with Crippen LogP contribution < -0.4 is 4.31 Å². The van der Waals surface area contributed by atoms with Crippen LogP contribution in [0.15, 0.2) is 39.9 Å². The van der Waals surface area contributed by atoms with Crippen molar-refractivity contribution in [3.05, 3.63) is 50.8 Å². The summed E-state index contributed by atoms with van der Waals surface area (Å²) < 4.78 is 30.7. The third kappa shape index (κ3) is 3.66. The van der Waals surface area contributed by atoms with E-state index in [9.17, 15) is 23.3 Å². The number of non-ortho nitro benzene ring substituents is 1. The second-order valence-corrected chi connectivity index (χ2v) is 7.86. The maximum Gasteiger partial charge on any atom is 0.326 e. The number of esters is 1. The van der Waals surface area contributed by atoms with E-state index < -0.39 is 27.5 Å². The molecule has 0 saturated carbocycles. The fourth-order valence-corrected chi connectivity index (χ4v) is 4.60. The molecule has 1 heterocycles. The fraction of sp³-hybridized carbons (Fsp3) is 0.154. The number of hydrogen-bond acceptors (Lipinski definition) is 7. The molecule has 1 aromatic carbocycles. The lowest BCUT2D eigenvalue weighted by molar-refractivity contribution is -0.384. The first-order valence-electron chi connectivity index (χ1n) is 6.34. The maximum absolute atomic E-state index is 12.8. The highest BCUT2D eigenvalue weighted by Gasteiger charge is 2.31. The first kappa shape index (κ1) is 18.2. The Bertz CT molecular complexity index is 867. The van der Waals surface area contributed by atoms with Gasteiger partial charge in [-0.1, -0.05) is 17.7 Å². The Morgan fingerprint density at radius 3 is 2.67 bits per heavy atom. The number of nitro groups is 1. The third-order valence-corrected chi connectivity index (χ3v) is 6.40. The van der Waals surface area contributed by atoms with Crippen LogP contribution in [0.3, 0.4) is 0 Å². The third-order valence-electron chi connectivity index (χ3n) is 2.95. The van der Waals surface area contributed by atoms with Crippen LogP contribution in [0.25, 0.3) is 0 Å². The van der Waals surface area contributed by atoms with E-state index in [1.165, 1.54) is 18.2 Å². The quantitative estimate of drug-likeness (QED) is 0.426. The van der Waals surface area contributed by atoms with Gasteiger partial charge in [0.05, 0.1) is 22.7 Å². The first-order valence-corrected chi connectivity index (χ1v) is 9.04. The Hall–Kier alpha value is -2.17. The van der Waals surface area contributed by atoms with Crippen LogP contribution in [-0.2, 0) is 19.6 Å². The number of nitro benzene ring substituents is 1. The zero-order chi connectivity index (χ0) is 17.9. The number of rotatable bonds is 6. The van der Waals surface area contributed by atoms with E-state index in [1.54, 1.807) is 5.38 Å². The first-order chi connectivity index (χ1) is 11.3. The molecule has 0 aliphatic heterocycles. The number of nitrogens with zero attached hydrogens (tertiary/aromatic N) is 2. The van der Waals surface area contributed by atoms with Crippen LogP contribution in [0.4, 0.5) is 11.4 Å².